The van der Waals surface area contributed by atoms with E-state index < -0.39 is 0 Å². The summed E-state index contributed by atoms with van der Waals surface area (Å²) in [6.45, 7) is 1.56. The maximum atomic E-state index is 13.0. The van der Waals surface area contributed by atoms with E-state index >= 15 is 0 Å². The number of methoxy groups -OCH3 is 1. The van der Waals surface area contributed by atoms with Crippen molar-refractivity contribution in [3.05, 3.63) is 84.1 Å². The molecular weight excluding hydrogens is 402 g/mol. The monoisotopic (exact) mass is 429 g/mol. The first kappa shape index (κ1) is 21.6. The number of para-hydroxylation sites is 1. The highest BCUT2D eigenvalue weighted by Gasteiger charge is 2.28. The minimum Gasteiger partial charge on any atom is -0.496 e. The number of nitrogens with one attached hydrogen (secondary N) is 1. The summed E-state index contributed by atoms with van der Waals surface area (Å²) in [6, 6.07) is 21.1. The summed E-state index contributed by atoms with van der Waals surface area (Å²) in [7, 11) is 1.62. The Hall–Kier alpha value is -3.67. The van der Waals surface area contributed by atoms with Crippen molar-refractivity contribution in [2.75, 3.05) is 20.2 Å². The van der Waals surface area contributed by atoms with Crippen molar-refractivity contribution in [3.8, 4) is 17.0 Å². The fraction of sp³-hybridized carbons (Fsp3) is 0.269. The van der Waals surface area contributed by atoms with E-state index in [2.05, 4.69) is 10.3 Å². The summed E-state index contributed by atoms with van der Waals surface area (Å²) >= 11 is 0. The van der Waals surface area contributed by atoms with Gasteiger partial charge in [0.05, 0.1) is 12.8 Å². The number of carbonyl (C=O) groups excluding carboxylic acids is 2. The molecule has 0 aliphatic carbocycles. The highest BCUT2D eigenvalue weighted by atomic mass is 16.5. The van der Waals surface area contributed by atoms with E-state index in [0.717, 1.165) is 22.6 Å². The zero-order chi connectivity index (χ0) is 22.3. The number of amides is 2. The summed E-state index contributed by atoms with van der Waals surface area (Å²) in [4.78, 5) is 31.9. The van der Waals surface area contributed by atoms with E-state index in [0.29, 0.717) is 38.0 Å². The predicted octanol–water partition coefficient (Wildman–Crippen LogP) is 3.93. The number of ether oxygens (including phenoxy) is 1. The second-order valence-corrected chi connectivity index (χ2v) is 7.89. The molecule has 0 spiro atoms. The SMILES string of the molecule is COc1ccccc1CNC(=O)C1CCN(C(=O)c2ccnc(-c3ccccc3)c2)CC1. The maximum Gasteiger partial charge on any atom is 0.253 e. The van der Waals surface area contributed by atoms with Gasteiger partial charge in [-0.1, -0.05) is 48.5 Å². The summed E-state index contributed by atoms with van der Waals surface area (Å²) in [6.07, 6.45) is 2.98. The highest BCUT2D eigenvalue weighted by Crippen LogP contribution is 2.23. The number of hydrogen-bond donors (Lipinski definition) is 1. The minimum atomic E-state index is -0.0916. The van der Waals surface area contributed by atoms with Crippen LogP contribution in [0.1, 0.15) is 28.8 Å². The van der Waals surface area contributed by atoms with Crippen LogP contribution in [0.5, 0.6) is 5.75 Å². The van der Waals surface area contributed by atoms with Gasteiger partial charge < -0.3 is 15.0 Å². The second-order valence-electron chi connectivity index (χ2n) is 7.89. The van der Waals surface area contributed by atoms with Crippen molar-refractivity contribution >= 4 is 11.8 Å². The molecule has 164 valence electrons. The Morgan fingerprint density at radius 1 is 1.03 bits per heavy atom. The second kappa shape index (κ2) is 10.1. The Labute approximate surface area is 188 Å². The van der Waals surface area contributed by atoms with Gasteiger partial charge in [0.15, 0.2) is 0 Å². The van der Waals surface area contributed by atoms with Gasteiger partial charge in [0.2, 0.25) is 5.91 Å². The van der Waals surface area contributed by atoms with Crippen molar-refractivity contribution < 1.29 is 14.3 Å². The molecular formula is C26H27N3O3. The number of piperidine rings is 1. The molecule has 32 heavy (non-hydrogen) atoms. The summed E-state index contributed by atoms with van der Waals surface area (Å²) in [5, 5.41) is 3.01. The normalized spacial score (nSPS) is 14.1. The van der Waals surface area contributed by atoms with Crippen molar-refractivity contribution in [1.82, 2.24) is 15.2 Å². The lowest BCUT2D eigenvalue weighted by molar-refractivity contribution is -0.126. The molecule has 1 aliphatic heterocycles. The Bertz CT molecular complexity index is 1080. The van der Waals surface area contributed by atoms with Crippen molar-refractivity contribution in [3.63, 3.8) is 0 Å². The number of likely N-dealkylation sites (tertiary alicyclic amines) is 1. The van der Waals surface area contributed by atoms with Crippen LogP contribution in [0, 0.1) is 5.92 Å². The van der Waals surface area contributed by atoms with Gasteiger partial charge in [0.25, 0.3) is 5.91 Å². The molecule has 1 aromatic heterocycles. The first-order chi connectivity index (χ1) is 15.7. The Morgan fingerprint density at radius 2 is 1.75 bits per heavy atom. The van der Waals surface area contributed by atoms with Gasteiger partial charge in [0.1, 0.15) is 5.75 Å². The lowest BCUT2D eigenvalue weighted by Gasteiger charge is -2.31. The summed E-state index contributed by atoms with van der Waals surface area (Å²) in [5.74, 6) is 0.683. The van der Waals surface area contributed by atoms with Gasteiger partial charge in [-0.3, -0.25) is 14.6 Å². The lowest BCUT2D eigenvalue weighted by atomic mass is 9.95. The van der Waals surface area contributed by atoms with E-state index in [1.165, 1.54) is 0 Å². The van der Waals surface area contributed by atoms with Gasteiger partial charge >= 0.3 is 0 Å². The minimum absolute atomic E-state index is 0.0162. The molecule has 0 unspecified atom stereocenters. The summed E-state index contributed by atoms with van der Waals surface area (Å²) in [5.41, 5.74) is 3.33. The van der Waals surface area contributed by atoms with Crippen LogP contribution in [0.2, 0.25) is 0 Å². The number of rotatable bonds is 6. The molecule has 1 fully saturated rings. The molecule has 4 rings (SSSR count). The largest absolute Gasteiger partial charge is 0.496 e. The maximum absolute atomic E-state index is 13.0. The molecule has 1 saturated heterocycles. The fourth-order valence-corrected chi connectivity index (χ4v) is 4.03. The third-order valence-corrected chi connectivity index (χ3v) is 5.87. The van der Waals surface area contributed by atoms with Crippen molar-refractivity contribution in [1.29, 1.82) is 0 Å². The molecule has 0 saturated carbocycles. The quantitative estimate of drug-likeness (QED) is 0.645. The molecule has 0 bridgehead atoms. The topological polar surface area (TPSA) is 71.5 Å². The van der Waals surface area contributed by atoms with Crippen LogP contribution < -0.4 is 10.1 Å². The Morgan fingerprint density at radius 3 is 2.50 bits per heavy atom. The smallest absolute Gasteiger partial charge is 0.253 e. The van der Waals surface area contributed by atoms with E-state index in [1.54, 1.807) is 19.4 Å². The van der Waals surface area contributed by atoms with Crippen LogP contribution in [-0.2, 0) is 11.3 Å². The number of aromatic nitrogens is 1. The number of pyridine rings is 1. The van der Waals surface area contributed by atoms with Crippen molar-refractivity contribution in [2.24, 2.45) is 5.92 Å². The predicted molar refractivity (Wildman–Crippen MR) is 123 cm³/mol. The zero-order valence-electron chi connectivity index (χ0n) is 18.2. The molecule has 0 radical (unpaired) electrons. The van der Waals surface area contributed by atoms with Crippen LogP contribution in [-0.4, -0.2) is 41.9 Å². The van der Waals surface area contributed by atoms with Crippen LogP contribution in [0.4, 0.5) is 0 Å². The van der Waals surface area contributed by atoms with Gasteiger partial charge in [-0.2, -0.15) is 0 Å². The van der Waals surface area contributed by atoms with Gasteiger partial charge in [-0.25, -0.2) is 0 Å². The van der Waals surface area contributed by atoms with Gasteiger partial charge in [-0.15, -0.1) is 0 Å². The van der Waals surface area contributed by atoms with Crippen LogP contribution in [0.15, 0.2) is 72.9 Å². The molecule has 3 aromatic rings. The molecule has 6 nitrogen and oxygen atoms in total. The van der Waals surface area contributed by atoms with E-state index in [9.17, 15) is 9.59 Å². The lowest BCUT2D eigenvalue weighted by Crippen LogP contribution is -2.43. The number of benzene rings is 2. The van der Waals surface area contributed by atoms with Crippen LogP contribution in [0.3, 0.4) is 0 Å². The third kappa shape index (κ3) is 4.97. The standard InChI is InChI=1S/C26H27N3O3/c1-32-24-10-6-5-9-22(24)18-28-25(30)20-12-15-29(16-13-20)26(31)21-11-14-27-23(17-21)19-7-3-2-4-8-19/h2-11,14,17,20H,12-13,15-16,18H2,1H3,(H,28,30). The number of nitrogens with zero attached hydrogens (tertiary/aromatic N) is 2. The average molecular weight is 430 g/mol. The molecule has 6 heteroatoms. The Balaban J connectivity index is 1.32. The first-order valence-electron chi connectivity index (χ1n) is 10.9. The zero-order valence-corrected chi connectivity index (χ0v) is 18.2. The number of hydrogen-bond acceptors (Lipinski definition) is 4. The molecule has 2 heterocycles. The summed E-state index contributed by atoms with van der Waals surface area (Å²) < 4.78 is 5.34. The fourth-order valence-electron chi connectivity index (χ4n) is 4.03. The average Bonchev–Trinajstić information content (AvgIpc) is 2.87. The van der Waals surface area contributed by atoms with E-state index in [1.807, 2.05) is 65.6 Å². The van der Waals surface area contributed by atoms with Crippen molar-refractivity contribution in [2.45, 2.75) is 19.4 Å². The highest BCUT2D eigenvalue weighted by molar-refractivity contribution is 5.95. The first-order valence-corrected chi connectivity index (χ1v) is 10.9. The third-order valence-electron chi connectivity index (χ3n) is 5.87. The van der Waals surface area contributed by atoms with Crippen LogP contribution in [0.25, 0.3) is 11.3 Å². The molecule has 1 aliphatic rings. The van der Waals surface area contributed by atoms with Gasteiger partial charge in [0, 0.05) is 48.4 Å². The molecule has 2 aromatic carbocycles. The molecule has 1 N–H and O–H groups in total. The Kier molecular flexibility index (Phi) is 6.80. The van der Waals surface area contributed by atoms with Crippen LogP contribution >= 0.6 is 0 Å². The number of carbonyl (C=O) groups is 2. The molecule has 0 atom stereocenters. The van der Waals surface area contributed by atoms with Gasteiger partial charge in [-0.05, 0) is 31.0 Å². The molecule has 2 amide bonds. The van der Waals surface area contributed by atoms with E-state index in [-0.39, 0.29) is 17.7 Å². The van der Waals surface area contributed by atoms with E-state index in [4.69, 9.17) is 4.74 Å².